The molecule has 1 fully saturated rings. The Hall–Kier alpha value is -0.680. The van der Waals surface area contributed by atoms with Crippen LogP contribution < -0.4 is 5.32 Å². The highest BCUT2D eigenvalue weighted by molar-refractivity contribution is 9.10. The summed E-state index contributed by atoms with van der Waals surface area (Å²) >= 11 is 3.02. The molecule has 1 aromatic carbocycles. The zero-order valence-electron chi connectivity index (χ0n) is 9.27. The van der Waals surface area contributed by atoms with Crippen molar-refractivity contribution < 1.29 is 13.9 Å². The van der Waals surface area contributed by atoms with Gasteiger partial charge in [0.2, 0.25) is 5.82 Å². The van der Waals surface area contributed by atoms with Crippen molar-refractivity contribution in [2.24, 2.45) is 5.92 Å². The van der Waals surface area contributed by atoms with Gasteiger partial charge in [-0.15, -0.1) is 0 Å². The number of rotatable bonds is 2. The van der Waals surface area contributed by atoms with E-state index in [0.717, 1.165) is 25.9 Å². The van der Waals surface area contributed by atoms with Gasteiger partial charge < -0.3 is 10.4 Å². The van der Waals surface area contributed by atoms with Crippen LogP contribution in [0.5, 0.6) is 5.75 Å². The summed E-state index contributed by atoms with van der Waals surface area (Å²) in [6, 6.07) is 1.46. The number of aromatic hydroxyl groups is 1. The highest BCUT2D eigenvalue weighted by atomic mass is 79.9. The minimum atomic E-state index is -1.17. The number of hydrogen-bond donors (Lipinski definition) is 2. The fourth-order valence-electron chi connectivity index (χ4n) is 2.19. The van der Waals surface area contributed by atoms with Gasteiger partial charge in [-0.05, 0) is 65.8 Å². The van der Waals surface area contributed by atoms with E-state index in [0.29, 0.717) is 17.9 Å². The third kappa shape index (κ3) is 2.77. The molecule has 1 heterocycles. The molecule has 2 rings (SSSR count). The van der Waals surface area contributed by atoms with Crippen LogP contribution in [0.25, 0.3) is 0 Å². The Morgan fingerprint density at radius 1 is 1.41 bits per heavy atom. The van der Waals surface area contributed by atoms with Crippen LogP contribution in [0.4, 0.5) is 8.78 Å². The predicted octanol–water partition coefficient (Wildman–Crippen LogP) is 2.98. The second-order valence-electron chi connectivity index (χ2n) is 4.41. The molecule has 94 valence electrons. The molecule has 1 saturated heterocycles. The summed E-state index contributed by atoms with van der Waals surface area (Å²) in [5, 5.41) is 12.5. The van der Waals surface area contributed by atoms with E-state index in [2.05, 4.69) is 21.2 Å². The first kappa shape index (κ1) is 12.8. The lowest BCUT2D eigenvalue weighted by Crippen LogP contribution is -2.31. The Balaban J connectivity index is 2.20. The number of phenols is 1. The van der Waals surface area contributed by atoms with Crippen molar-refractivity contribution in [1.82, 2.24) is 5.32 Å². The first-order chi connectivity index (χ1) is 8.09. The van der Waals surface area contributed by atoms with Gasteiger partial charge in [-0.2, -0.15) is 4.39 Å². The SMILES string of the molecule is Oc1c(Br)cc(CC2CCCNC2)c(F)c1F. The van der Waals surface area contributed by atoms with Crippen LogP contribution in [-0.2, 0) is 6.42 Å². The van der Waals surface area contributed by atoms with Crippen LogP contribution in [0.1, 0.15) is 18.4 Å². The maximum atomic E-state index is 13.6. The van der Waals surface area contributed by atoms with Gasteiger partial charge in [0, 0.05) is 0 Å². The van der Waals surface area contributed by atoms with Crippen molar-refractivity contribution in [1.29, 1.82) is 0 Å². The molecule has 1 unspecified atom stereocenters. The van der Waals surface area contributed by atoms with Crippen LogP contribution in [0.15, 0.2) is 10.5 Å². The van der Waals surface area contributed by atoms with Gasteiger partial charge in [-0.3, -0.25) is 0 Å². The van der Waals surface area contributed by atoms with Crippen LogP contribution in [0.3, 0.4) is 0 Å². The molecule has 5 heteroatoms. The minimum Gasteiger partial charge on any atom is -0.504 e. The van der Waals surface area contributed by atoms with E-state index in [1.54, 1.807) is 0 Å². The molecule has 0 saturated carbocycles. The molecule has 0 amide bonds. The van der Waals surface area contributed by atoms with Gasteiger partial charge in [0.25, 0.3) is 0 Å². The summed E-state index contributed by atoms with van der Waals surface area (Å²) in [7, 11) is 0. The number of benzene rings is 1. The van der Waals surface area contributed by atoms with E-state index in [1.165, 1.54) is 6.07 Å². The predicted molar refractivity (Wildman–Crippen MR) is 65.0 cm³/mol. The normalized spacial score (nSPS) is 20.5. The lowest BCUT2D eigenvalue weighted by molar-refractivity contribution is 0.363. The Kier molecular flexibility index (Phi) is 3.99. The molecular weight excluding hydrogens is 292 g/mol. The fourth-order valence-corrected chi connectivity index (χ4v) is 2.64. The van der Waals surface area contributed by atoms with Gasteiger partial charge >= 0.3 is 0 Å². The number of hydrogen-bond acceptors (Lipinski definition) is 2. The lowest BCUT2D eigenvalue weighted by atomic mass is 9.92. The van der Waals surface area contributed by atoms with Crippen molar-refractivity contribution in [3.8, 4) is 5.75 Å². The molecule has 0 aliphatic carbocycles. The van der Waals surface area contributed by atoms with E-state index < -0.39 is 17.4 Å². The third-order valence-corrected chi connectivity index (χ3v) is 3.72. The Morgan fingerprint density at radius 3 is 2.82 bits per heavy atom. The van der Waals surface area contributed by atoms with Crippen LogP contribution in [-0.4, -0.2) is 18.2 Å². The van der Waals surface area contributed by atoms with Crippen molar-refractivity contribution in [2.75, 3.05) is 13.1 Å². The topological polar surface area (TPSA) is 32.3 Å². The molecule has 0 aromatic heterocycles. The summed E-state index contributed by atoms with van der Waals surface area (Å²) in [6.07, 6.45) is 2.58. The zero-order chi connectivity index (χ0) is 12.4. The van der Waals surface area contributed by atoms with Crippen LogP contribution in [0.2, 0.25) is 0 Å². The van der Waals surface area contributed by atoms with Crippen molar-refractivity contribution in [3.05, 3.63) is 27.7 Å². The van der Waals surface area contributed by atoms with Crippen molar-refractivity contribution in [2.45, 2.75) is 19.3 Å². The number of piperidine rings is 1. The first-order valence-electron chi connectivity index (χ1n) is 5.65. The summed E-state index contributed by atoms with van der Waals surface area (Å²) in [4.78, 5) is 0. The Bertz CT molecular complexity index is 419. The molecule has 2 nitrogen and oxygen atoms in total. The summed E-state index contributed by atoms with van der Waals surface area (Å²) < 4.78 is 27.2. The molecule has 2 N–H and O–H groups in total. The molecule has 0 spiro atoms. The minimum absolute atomic E-state index is 0.204. The van der Waals surface area contributed by atoms with Gasteiger partial charge in [0.1, 0.15) is 0 Å². The number of halogens is 3. The van der Waals surface area contributed by atoms with Crippen LogP contribution in [0, 0.1) is 17.6 Å². The number of phenolic OH excluding ortho intramolecular Hbond substituents is 1. The summed E-state index contributed by atoms with van der Waals surface area (Å²) in [6.45, 7) is 1.83. The summed E-state index contributed by atoms with van der Waals surface area (Å²) in [5.74, 6) is -2.43. The quantitative estimate of drug-likeness (QED) is 0.823. The third-order valence-electron chi connectivity index (χ3n) is 3.12. The molecule has 17 heavy (non-hydrogen) atoms. The van der Waals surface area contributed by atoms with Gasteiger partial charge in [0.15, 0.2) is 11.6 Å². The van der Waals surface area contributed by atoms with E-state index in [1.807, 2.05) is 0 Å². The van der Waals surface area contributed by atoms with Crippen molar-refractivity contribution >= 4 is 15.9 Å². The smallest absolute Gasteiger partial charge is 0.201 e. The van der Waals surface area contributed by atoms with Gasteiger partial charge in [-0.1, -0.05) is 0 Å². The van der Waals surface area contributed by atoms with Gasteiger partial charge in [0.05, 0.1) is 4.47 Å². The molecule has 1 aliphatic rings. The van der Waals surface area contributed by atoms with E-state index in [4.69, 9.17) is 0 Å². The molecule has 0 radical (unpaired) electrons. The monoisotopic (exact) mass is 305 g/mol. The van der Waals surface area contributed by atoms with E-state index >= 15 is 0 Å². The maximum absolute atomic E-state index is 13.6. The average molecular weight is 306 g/mol. The molecule has 1 aromatic rings. The standard InChI is InChI=1S/C12H14BrF2NO/c13-9-5-8(10(14)11(15)12(9)17)4-7-2-1-3-16-6-7/h5,7,16-17H,1-4,6H2. The lowest BCUT2D eigenvalue weighted by Gasteiger charge is -2.23. The Labute approximate surface area is 107 Å². The second kappa shape index (κ2) is 5.31. The first-order valence-corrected chi connectivity index (χ1v) is 6.45. The average Bonchev–Trinajstić information content (AvgIpc) is 2.35. The van der Waals surface area contributed by atoms with Crippen LogP contribution >= 0.6 is 15.9 Å². The summed E-state index contributed by atoms with van der Waals surface area (Å²) in [5.41, 5.74) is 0.320. The fraction of sp³-hybridized carbons (Fsp3) is 0.500. The zero-order valence-corrected chi connectivity index (χ0v) is 10.9. The largest absolute Gasteiger partial charge is 0.504 e. The van der Waals surface area contributed by atoms with E-state index in [-0.39, 0.29) is 4.47 Å². The maximum Gasteiger partial charge on any atom is 0.201 e. The molecule has 0 bridgehead atoms. The molecular formula is C12H14BrF2NO. The second-order valence-corrected chi connectivity index (χ2v) is 5.26. The number of nitrogens with one attached hydrogen (secondary N) is 1. The molecule has 1 atom stereocenters. The van der Waals surface area contributed by atoms with E-state index in [9.17, 15) is 13.9 Å². The van der Waals surface area contributed by atoms with Crippen molar-refractivity contribution in [3.63, 3.8) is 0 Å². The Morgan fingerprint density at radius 2 is 2.18 bits per heavy atom. The molecule has 1 aliphatic heterocycles. The van der Waals surface area contributed by atoms with Gasteiger partial charge in [-0.25, -0.2) is 4.39 Å². The highest BCUT2D eigenvalue weighted by Gasteiger charge is 2.20. The highest BCUT2D eigenvalue weighted by Crippen LogP contribution is 2.32.